The van der Waals surface area contributed by atoms with Crippen molar-refractivity contribution in [2.75, 3.05) is 19.6 Å². The number of carboxylic acids is 1. The van der Waals surface area contributed by atoms with Crippen molar-refractivity contribution in [3.63, 3.8) is 0 Å². The van der Waals surface area contributed by atoms with Gasteiger partial charge in [0, 0.05) is 19.1 Å². The third-order valence-electron chi connectivity index (χ3n) is 2.87. The fourth-order valence-corrected chi connectivity index (χ4v) is 1.54. The second-order valence-corrected chi connectivity index (χ2v) is 4.56. The Morgan fingerprint density at radius 3 is 2.47 bits per heavy atom. The van der Waals surface area contributed by atoms with E-state index in [0.29, 0.717) is 13.1 Å². The Morgan fingerprint density at radius 2 is 2.00 bits per heavy atom. The van der Waals surface area contributed by atoms with Crippen LogP contribution >= 0.6 is 0 Å². The molecule has 1 saturated heterocycles. The van der Waals surface area contributed by atoms with Crippen LogP contribution in [0.5, 0.6) is 0 Å². The molecule has 5 N–H and O–H groups in total. The first-order chi connectivity index (χ1) is 7.83. The molecule has 0 aromatic heterocycles. The summed E-state index contributed by atoms with van der Waals surface area (Å²) in [5.74, 6) is -1.36. The Kier molecular flexibility index (Phi) is 4.30. The first kappa shape index (κ1) is 13.7. The number of carbonyl (C=O) groups excluding carboxylic acids is 1. The van der Waals surface area contributed by atoms with Gasteiger partial charge in [-0.05, 0) is 19.8 Å². The van der Waals surface area contributed by atoms with Gasteiger partial charge in [-0.2, -0.15) is 0 Å². The second kappa shape index (κ2) is 5.33. The molecule has 2 amide bonds. The van der Waals surface area contributed by atoms with Crippen molar-refractivity contribution in [2.24, 2.45) is 5.73 Å². The number of carboxylic acid groups (broad SMARTS) is 1. The van der Waals surface area contributed by atoms with E-state index in [1.54, 1.807) is 4.90 Å². The average Bonchev–Trinajstić information content (AvgIpc) is 2.27. The number of aliphatic carboxylic acids is 1. The maximum atomic E-state index is 11.6. The van der Waals surface area contributed by atoms with Crippen molar-refractivity contribution in [1.82, 2.24) is 10.2 Å². The smallest absolute Gasteiger partial charge is 0.337 e. The van der Waals surface area contributed by atoms with E-state index >= 15 is 0 Å². The summed E-state index contributed by atoms with van der Waals surface area (Å²) in [6.45, 7) is 1.94. The molecule has 0 saturated carbocycles. The van der Waals surface area contributed by atoms with Crippen LogP contribution in [0, 0.1) is 0 Å². The molecule has 1 atom stereocenters. The first-order valence-corrected chi connectivity index (χ1v) is 5.57. The normalized spacial score (nSPS) is 20.8. The summed E-state index contributed by atoms with van der Waals surface area (Å²) < 4.78 is 0. The third kappa shape index (κ3) is 3.86. The zero-order valence-electron chi connectivity index (χ0n) is 9.85. The molecule has 1 unspecified atom stereocenters. The average molecular weight is 245 g/mol. The van der Waals surface area contributed by atoms with E-state index in [1.165, 1.54) is 0 Å². The number of hydrogen-bond acceptors (Lipinski definition) is 4. The zero-order chi connectivity index (χ0) is 13.1. The van der Waals surface area contributed by atoms with E-state index in [0.717, 1.165) is 19.8 Å². The van der Waals surface area contributed by atoms with E-state index in [1.807, 2.05) is 0 Å². The van der Waals surface area contributed by atoms with Gasteiger partial charge in [0.25, 0.3) is 0 Å². The molecule has 0 aromatic rings. The molecule has 0 aromatic carbocycles. The highest BCUT2D eigenvalue weighted by atomic mass is 16.4. The number of carbonyl (C=O) groups is 2. The molecular weight excluding hydrogens is 226 g/mol. The van der Waals surface area contributed by atoms with E-state index in [9.17, 15) is 14.7 Å². The number of nitrogens with one attached hydrogen (secondary N) is 1. The molecule has 1 aliphatic rings. The molecule has 17 heavy (non-hydrogen) atoms. The fourth-order valence-electron chi connectivity index (χ4n) is 1.54. The number of nitrogens with zero attached hydrogens (tertiary/aromatic N) is 1. The predicted octanol–water partition coefficient (Wildman–Crippen LogP) is -1.05. The number of likely N-dealkylation sites (tertiary alicyclic amines) is 1. The van der Waals surface area contributed by atoms with Crippen molar-refractivity contribution >= 4 is 12.0 Å². The first-order valence-electron chi connectivity index (χ1n) is 5.57. The lowest BCUT2D eigenvalue weighted by molar-refractivity contribution is -0.155. The summed E-state index contributed by atoms with van der Waals surface area (Å²) in [5, 5.41) is 20.5. The number of amides is 2. The van der Waals surface area contributed by atoms with Gasteiger partial charge < -0.3 is 26.2 Å². The van der Waals surface area contributed by atoms with Crippen molar-refractivity contribution in [3.8, 4) is 0 Å². The highest BCUT2D eigenvalue weighted by Crippen LogP contribution is 2.08. The number of piperidine rings is 1. The van der Waals surface area contributed by atoms with Gasteiger partial charge in [0.1, 0.15) is 0 Å². The maximum absolute atomic E-state index is 11.6. The van der Waals surface area contributed by atoms with Crippen LogP contribution in [0.1, 0.15) is 19.8 Å². The van der Waals surface area contributed by atoms with Crippen LogP contribution in [0.2, 0.25) is 0 Å². The van der Waals surface area contributed by atoms with Gasteiger partial charge in [-0.25, -0.2) is 9.59 Å². The Hall–Kier alpha value is -1.34. The highest BCUT2D eigenvalue weighted by molar-refractivity contribution is 5.79. The van der Waals surface area contributed by atoms with Crippen molar-refractivity contribution in [3.05, 3.63) is 0 Å². The van der Waals surface area contributed by atoms with E-state index in [-0.39, 0.29) is 18.6 Å². The molecule has 0 spiro atoms. The third-order valence-corrected chi connectivity index (χ3v) is 2.87. The van der Waals surface area contributed by atoms with E-state index in [2.05, 4.69) is 5.32 Å². The quantitative estimate of drug-likeness (QED) is 0.506. The standard InChI is InChI=1S/C10H19N3O4/c1-10(17,8(14)15)6-12-9(16)13-4-2-7(11)3-5-13/h7,17H,2-6,11H2,1H3,(H,12,16)(H,14,15). The van der Waals surface area contributed by atoms with Crippen LogP contribution in [0.3, 0.4) is 0 Å². The van der Waals surface area contributed by atoms with Crippen LogP contribution in [-0.2, 0) is 4.79 Å². The van der Waals surface area contributed by atoms with Gasteiger partial charge in [-0.3, -0.25) is 0 Å². The van der Waals surface area contributed by atoms with Crippen molar-refractivity contribution in [2.45, 2.75) is 31.4 Å². The van der Waals surface area contributed by atoms with Crippen LogP contribution in [0.15, 0.2) is 0 Å². The summed E-state index contributed by atoms with van der Waals surface area (Å²) in [6.07, 6.45) is 1.48. The predicted molar refractivity (Wildman–Crippen MR) is 60.4 cm³/mol. The molecule has 1 rings (SSSR count). The molecule has 1 heterocycles. The summed E-state index contributed by atoms with van der Waals surface area (Å²) in [5.41, 5.74) is 3.76. The van der Waals surface area contributed by atoms with Gasteiger partial charge >= 0.3 is 12.0 Å². The fraction of sp³-hybridized carbons (Fsp3) is 0.800. The number of aliphatic hydroxyl groups is 1. The Morgan fingerprint density at radius 1 is 1.47 bits per heavy atom. The van der Waals surface area contributed by atoms with Gasteiger partial charge in [-0.15, -0.1) is 0 Å². The van der Waals surface area contributed by atoms with Crippen LogP contribution in [-0.4, -0.2) is 58.4 Å². The number of nitrogens with two attached hydrogens (primary N) is 1. The zero-order valence-corrected chi connectivity index (χ0v) is 9.85. The van der Waals surface area contributed by atoms with Crippen molar-refractivity contribution in [1.29, 1.82) is 0 Å². The molecule has 0 bridgehead atoms. The summed E-state index contributed by atoms with van der Waals surface area (Å²) >= 11 is 0. The van der Waals surface area contributed by atoms with E-state index < -0.39 is 11.6 Å². The lowest BCUT2D eigenvalue weighted by Gasteiger charge is -2.31. The molecule has 0 aliphatic carbocycles. The highest BCUT2D eigenvalue weighted by Gasteiger charge is 2.31. The monoisotopic (exact) mass is 245 g/mol. The van der Waals surface area contributed by atoms with Gasteiger partial charge in [0.05, 0.1) is 6.54 Å². The number of hydrogen-bond donors (Lipinski definition) is 4. The lowest BCUT2D eigenvalue weighted by atomic mass is 10.1. The minimum atomic E-state index is -1.94. The van der Waals surface area contributed by atoms with Crippen LogP contribution in [0.25, 0.3) is 0 Å². The topological polar surface area (TPSA) is 116 Å². The molecular formula is C10H19N3O4. The Labute approximate surface area is 99.6 Å². The minimum absolute atomic E-state index is 0.126. The molecule has 0 radical (unpaired) electrons. The number of urea groups is 1. The van der Waals surface area contributed by atoms with Crippen molar-refractivity contribution < 1.29 is 19.8 Å². The Bertz CT molecular complexity index is 298. The second-order valence-electron chi connectivity index (χ2n) is 4.56. The van der Waals surface area contributed by atoms with Gasteiger partial charge in [0.2, 0.25) is 0 Å². The SMILES string of the molecule is CC(O)(CNC(=O)N1CCC(N)CC1)C(=O)O. The molecule has 7 nitrogen and oxygen atoms in total. The van der Waals surface area contributed by atoms with Crippen LogP contribution in [0.4, 0.5) is 4.79 Å². The summed E-state index contributed by atoms with van der Waals surface area (Å²) in [6, 6.07) is -0.236. The minimum Gasteiger partial charge on any atom is -0.479 e. The molecule has 1 aliphatic heterocycles. The Balaban J connectivity index is 2.37. The van der Waals surface area contributed by atoms with Crippen LogP contribution < -0.4 is 11.1 Å². The van der Waals surface area contributed by atoms with E-state index in [4.69, 9.17) is 10.8 Å². The lowest BCUT2D eigenvalue weighted by Crippen LogP contribution is -2.52. The molecule has 1 fully saturated rings. The van der Waals surface area contributed by atoms with Gasteiger partial charge in [0.15, 0.2) is 5.60 Å². The van der Waals surface area contributed by atoms with Gasteiger partial charge in [-0.1, -0.05) is 0 Å². The summed E-state index contributed by atoms with van der Waals surface area (Å²) in [7, 11) is 0. The summed E-state index contributed by atoms with van der Waals surface area (Å²) in [4.78, 5) is 23.8. The molecule has 7 heteroatoms. The molecule has 98 valence electrons. The maximum Gasteiger partial charge on any atom is 0.337 e. The largest absolute Gasteiger partial charge is 0.479 e. The number of rotatable bonds is 3.